The number of aliphatic carboxylic acids is 1. The van der Waals surface area contributed by atoms with Gasteiger partial charge < -0.3 is 23.7 Å². The molecule has 5 aromatic rings. The van der Waals surface area contributed by atoms with Crippen LogP contribution in [0.25, 0.3) is 21.9 Å². The molecular weight excluding hydrogens is 595 g/mol. The highest BCUT2D eigenvalue weighted by Gasteiger charge is 2.36. The largest absolute Gasteiger partial charge is 0.573 e. The molecule has 0 spiro atoms. The summed E-state index contributed by atoms with van der Waals surface area (Å²) in [6.07, 6.45) is -4.30. The van der Waals surface area contributed by atoms with Crippen molar-refractivity contribution in [2.45, 2.75) is 38.7 Å². The van der Waals surface area contributed by atoms with Gasteiger partial charge in [-0.05, 0) is 85.0 Å². The van der Waals surface area contributed by atoms with Gasteiger partial charge >= 0.3 is 12.3 Å². The number of aromatic nitrogens is 1. The Hall–Kier alpha value is -4.77. The summed E-state index contributed by atoms with van der Waals surface area (Å²) in [6.45, 7) is 3.62. The maximum Gasteiger partial charge on any atom is 0.573 e. The minimum atomic E-state index is -4.83. The minimum Gasteiger partial charge on any atom is -0.493 e. The molecular formula is C33H28F3NO6S. The van der Waals surface area contributed by atoms with Gasteiger partial charge in [-0.15, -0.1) is 24.5 Å². The molecule has 0 aliphatic rings. The Labute approximate surface area is 255 Å². The minimum absolute atomic E-state index is 0.00136. The molecule has 1 atom stereocenters. The van der Waals surface area contributed by atoms with E-state index in [2.05, 4.69) is 15.8 Å². The number of ether oxygens (including phenoxy) is 3. The molecule has 1 N–H and O–H groups in total. The van der Waals surface area contributed by atoms with Crippen molar-refractivity contribution in [2.75, 3.05) is 6.61 Å². The smallest absolute Gasteiger partial charge is 0.493 e. The molecule has 1 unspecified atom stereocenters. The van der Waals surface area contributed by atoms with Gasteiger partial charge in [0.15, 0.2) is 0 Å². The first-order chi connectivity index (χ1) is 21.0. The molecule has 11 heteroatoms. The van der Waals surface area contributed by atoms with Crippen LogP contribution in [0.5, 0.6) is 17.2 Å². The molecule has 228 valence electrons. The van der Waals surface area contributed by atoms with Crippen LogP contribution in [0.15, 0.2) is 94.7 Å². The second kappa shape index (κ2) is 12.8. The van der Waals surface area contributed by atoms with Crippen LogP contribution >= 0.6 is 11.3 Å². The molecule has 2 heterocycles. The van der Waals surface area contributed by atoms with E-state index in [1.807, 2.05) is 42.6 Å². The molecule has 0 aliphatic carbocycles. The van der Waals surface area contributed by atoms with Gasteiger partial charge in [-0.25, -0.2) is 9.78 Å². The fraction of sp³-hybridized carbons (Fsp3) is 0.212. The van der Waals surface area contributed by atoms with Gasteiger partial charge in [0, 0.05) is 23.3 Å². The predicted molar refractivity (Wildman–Crippen MR) is 159 cm³/mol. The lowest BCUT2D eigenvalue weighted by Gasteiger charge is -2.26. The molecule has 0 amide bonds. The molecule has 44 heavy (non-hydrogen) atoms. The Morgan fingerprint density at radius 2 is 1.50 bits per heavy atom. The SMILES string of the molecule is Cc1oc(-c2ccc(-c3cccs3)cc2)nc1CCOc1ccc(CC(C)(Oc2ccc(OC(F)(F)F)cc2)C(=O)O)cc1. The van der Waals surface area contributed by atoms with Crippen LogP contribution in [0, 0.1) is 6.92 Å². The van der Waals surface area contributed by atoms with Crippen molar-refractivity contribution in [3.05, 3.63) is 107 Å². The van der Waals surface area contributed by atoms with Crippen molar-refractivity contribution in [1.29, 1.82) is 0 Å². The van der Waals surface area contributed by atoms with E-state index in [4.69, 9.17) is 13.9 Å². The van der Waals surface area contributed by atoms with Crippen molar-refractivity contribution < 1.29 is 41.7 Å². The number of rotatable bonds is 12. The molecule has 0 fully saturated rings. The lowest BCUT2D eigenvalue weighted by atomic mass is 9.96. The zero-order valence-corrected chi connectivity index (χ0v) is 24.6. The maximum atomic E-state index is 12.4. The van der Waals surface area contributed by atoms with E-state index in [-0.39, 0.29) is 12.2 Å². The first-order valence-corrected chi connectivity index (χ1v) is 14.5. The topological polar surface area (TPSA) is 91.0 Å². The predicted octanol–water partition coefficient (Wildman–Crippen LogP) is 8.36. The van der Waals surface area contributed by atoms with Gasteiger partial charge in [-0.3, -0.25) is 0 Å². The van der Waals surface area contributed by atoms with Crippen LogP contribution in [0.3, 0.4) is 0 Å². The zero-order chi connectivity index (χ0) is 31.3. The van der Waals surface area contributed by atoms with Crippen molar-refractivity contribution in [2.24, 2.45) is 0 Å². The molecule has 0 aliphatic heterocycles. The van der Waals surface area contributed by atoms with E-state index in [9.17, 15) is 23.1 Å². The first-order valence-electron chi connectivity index (χ1n) is 13.6. The summed E-state index contributed by atoms with van der Waals surface area (Å²) in [4.78, 5) is 17.9. The second-order valence-electron chi connectivity index (χ2n) is 10.2. The van der Waals surface area contributed by atoms with Crippen LogP contribution in [-0.4, -0.2) is 34.6 Å². The Morgan fingerprint density at radius 3 is 2.09 bits per heavy atom. The molecule has 0 bridgehead atoms. The summed E-state index contributed by atoms with van der Waals surface area (Å²) in [7, 11) is 0. The molecule has 7 nitrogen and oxygen atoms in total. The quantitative estimate of drug-likeness (QED) is 0.149. The normalized spacial score (nSPS) is 12.8. The van der Waals surface area contributed by atoms with Gasteiger partial charge in [0.25, 0.3) is 0 Å². The van der Waals surface area contributed by atoms with Crippen molar-refractivity contribution in [3.8, 4) is 39.1 Å². The standard InChI is InChI=1S/C33H28F3NO6S/c1-21-28(37-30(41-21)24-9-7-23(8-10-24)29-4-3-19-44-29)17-18-40-25-11-5-22(6-12-25)20-32(2,31(38)39)42-26-13-15-27(16-14-26)43-33(34,35)36/h3-16,19H,17-18,20H2,1-2H3,(H,38,39). The Morgan fingerprint density at radius 1 is 0.886 bits per heavy atom. The fourth-order valence-electron chi connectivity index (χ4n) is 4.49. The molecule has 5 rings (SSSR count). The van der Waals surface area contributed by atoms with Gasteiger partial charge in [0.05, 0.1) is 12.3 Å². The van der Waals surface area contributed by atoms with Crippen molar-refractivity contribution in [1.82, 2.24) is 4.98 Å². The van der Waals surface area contributed by atoms with E-state index in [0.717, 1.165) is 34.7 Å². The third kappa shape index (κ3) is 7.78. The summed E-state index contributed by atoms with van der Waals surface area (Å²) in [5.41, 5.74) is 1.81. The third-order valence-electron chi connectivity index (χ3n) is 6.76. The number of halogens is 3. The Bertz CT molecular complexity index is 1680. The lowest BCUT2D eigenvalue weighted by Crippen LogP contribution is -2.43. The average Bonchev–Trinajstić information content (AvgIpc) is 3.65. The second-order valence-corrected chi connectivity index (χ2v) is 11.1. The van der Waals surface area contributed by atoms with Crippen LogP contribution in [0.2, 0.25) is 0 Å². The number of hydrogen-bond donors (Lipinski definition) is 1. The van der Waals surface area contributed by atoms with Crippen LogP contribution < -0.4 is 14.2 Å². The molecule has 0 radical (unpaired) electrons. The van der Waals surface area contributed by atoms with Gasteiger partial charge in [0.1, 0.15) is 23.0 Å². The summed E-state index contributed by atoms with van der Waals surface area (Å²) in [5.74, 6) is 0.291. The number of benzene rings is 3. The van der Waals surface area contributed by atoms with E-state index >= 15 is 0 Å². The molecule has 2 aromatic heterocycles. The summed E-state index contributed by atoms with van der Waals surface area (Å²) in [6, 6.07) is 23.7. The molecule has 0 saturated carbocycles. The van der Waals surface area contributed by atoms with Crippen LogP contribution in [0.1, 0.15) is 23.9 Å². The average molecular weight is 624 g/mol. The number of hydrogen-bond acceptors (Lipinski definition) is 7. The van der Waals surface area contributed by atoms with E-state index in [1.54, 1.807) is 35.6 Å². The van der Waals surface area contributed by atoms with Crippen molar-refractivity contribution >= 4 is 17.3 Å². The Kier molecular flexibility index (Phi) is 8.96. The van der Waals surface area contributed by atoms with Gasteiger partial charge in [-0.2, -0.15) is 0 Å². The third-order valence-corrected chi connectivity index (χ3v) is 7.67. The van der Waals surface area contributed by atoms with Crippen molar-refractivity contribution in [3.63, 3.8) is 0 Å². The maximum absolute atomic E-state index is 12.4. The fourth-order valence-corrected chi connectivity index (χ4v) is 5.22. The van der Waals surface area contributed by atoms with Crippen LogP contribution in [-0.2, 0) is 17.6 Å². The number of carboxylic acids is 1. The number of nitrogens with zero attached hydrogens (tertiary/aromatic N) is 1. The number of thiophene rings is 1. The number of oxazole rings is 1. The molecule has 3 aromatic carbocycles. The number of carboxylic acid groups (broad SMARTS) is 1. The van der Waals surface area contributed by atoms with E-state index in [1.165, 1.54) is 23.9 Å². The van der Waals surface area contributed by atoms with E-state index in [0.29, 0.717) is 30.2 Å². The first kappa shape index (κ1) is 30.7. The van der Waals surface area contributed by atoms with Crippen LogP contribution in [0.4, 0.5) is 13.2 Å². The summed E-state index contributed by atoms with van der Waals surface area (Å²) < 4.78 is 58.6. The highest BCUT2D eigenvalue weighted by Crippen LogP contribution is 2.30. The molecule has 0 saturated heterocycles. The summed E-state index contributed by atoms with van der Waals surface area (Å²) in [5, 5.41) is 11.9. The number of aryl methyl sites for hydroxylation is 1. The van der Waals surface area contributed by atoms with Gasteiger partial charge in [-0.1, -0.05) is 30.3 Å². The van der Waals surface area contributed by atoms with Gasteiger partial charge in [0.2, 0.25) is 11.5 Å². The summed E-state index contributed by atoms with van der Waals surface area (Å²) >= 11 is 1.68. The number of carbonyl (C=O) groups is 1. The highest BCUT2D eigenvalue weighted by molar-refractivity contribution is 7.13. The Balaban J connectivity index is 1.15. The zero-order valence-electron chi connectivity index (χ0n) is 23.8. The highest BCUT2D eigenvalue weighted by atomic mass is 32.1. The monoisotopic (exact) mass is 623 g/mol. The number of alkyl halides is 3. The lowest BCUT2D eigenvalue weighted by molar-refractivity contribution is -0.274. The van der Waals surface area contributed by atoms with E-state index < -0.39 is 23.7 Å².